The first-order valence-corrected chi connectivity index (χ1v) is 14.0. The summed E-state index contributed by atoms with van der Waals surface area (Å²) in [5.74, 6) is -0.874. The monoisotopic (exact) mass is 591 g/mol. The van der Waals surface area contributed by atoms with E-state index in [0.717, 1.165) is 27.0 Å². The van der Waals surface area contributed by atoms with Gasteiger partial charge in [0.25, 0.3) is 0 Å². The van der Waals surface area contributed by atoms with Gasteiger partial charge in [0, 0.05) is 22.1 Å². The highest BCUT2D eigenvalue weighted by Crippen LogP contribution is 2.30. The fraction of sp³-hybridized carbons (Fsp3) is 0.391. The maximum atomic E-state index is 13.5. The Bertz CT molecular complexity index is 1130. The average Bonchev–Trinajstić information content (AvgIpc) is 2.76. The lowest BCUT2D eigenvalue weighted by Gasteiger charge is -2.32. The average molecular weight is 593 g/mol. The molecule has 0 heterocycles. The summed E-state index contributed by atoms with van der Waals surface area (Å²) in [7, 11) is -3.88. The van der Waals surface area contributed by atoms with Gasteiger partial charge in [-0.2, -0.15) is 0 Å². The van der Waals surface area contributed by atoms with E-state index < -0.39 is 28.5 Å². The molecule has 0 aliphatic heterocycles. The highest BCUT2D eigenvalue weighted by atomic mass is 79.9. The second-order valence-electron chi connectivity index (χ2n) is 8.01. The van der Waals surface area contributed by atoms with Gasteiger partial charge in [0.05, 0.1) is 17.0 Å². The number of rotatable bonds is 10. The number of hydrogen-bond acceptors (Lipinski definition) is 4. The third kappa shape index (κ3) is 7.86. The minimum Gasteiger partial charge on any atom is -0.352 e. The molecule has 0 aliphatic rings. The molecule has 0 radical (unpaired) electrons. The van der Waals surface area contributed by atoms with Crippen LogP contribution in [0.3, 0.4) is 0 Å². The Morgan fingerprint density at radius 2 is 1.71 bits per heavy atom. The number of carbonyl (C=O) groups excluding carboxylic acids is 2. The zero-order chi connectivity index (χ0) is 25.6. The van der Waals surface area contributed by atoms with E-state index in [2.05, 4.69) is 21.2 Å². The molecule has 2 aromatic rings. The molecule has 7 nitrogen and oxygen atoms in total. The van der Waals surface area contributed by atoms with Crippen LogP contribution in [0.2, 0.25) is 10.0 Å². The Labute approximate surface area is 219 Å². The number of sulfonamides is 1. The fourth-order valence-electron chi connectivity index (χ4n) is 3.11. The zero-order valence-corrected chi connectivity index (χ0v) is 23.3. The lowest BCUT2D eigenvalue weighted by atomic mass is 10.1. The molecule has 0 unspecified atom stereocenters. The fourth-order valence-corrected chi connectivity index (χ4v) is 4.80. The van der Waals surface area contributed by atoms with Crippen LogP contribution < -0.4 is 9.62 Å². The molecule has 2 atom stereocenters. The van der Waals surface area contributed by atoms with Gasteiger partial charge < -0.3 is 10.2 Å². The van der Waals surface area contributed by atoms with Crippen molar-refractivity contribution in [1.82, 2.24) is 10.2 Å². The van der Waals surface area contributed by atoms with Gasteiger partial charge in [-0.3, -0.25) is 13.9 Å². The van der Waals surface area contributed by atoms with Gasteiger partial charge >= 0.3 is 0 Å². The minimum atomic E-state index is -3.88. The second kappa shape index (κ2) is 12.2. The Kier molecular flexibility index (Phi) is 10.2. The van der Waals surface area contributed by atoms with Crippen molar-refractivity contribution < 1.29 is 18.0 Å². The van der Waals surface area contributed by atoms with Crippen LogP contribution in [-0.4, -0.2) is 50.0 Å². The van der Waals surface area contributed by atoms with E-state index in [1.807, 2.05) is 38.1 Å². The summed E-state index contributed by atoms with van der Waals surface area (Å²) in [4.78, 5) is 27.7. The number of anilines is 1. The van der Waals surface area contributed by atoms with Gasteiger partial charge in [-0.05, 0) is 56.2 Å². The number of nitrogens with one attached hydrogen (secondary N) is 1. The summed E-state index contributed by atoms with van der Waals surface area (Å²) in [6, 6.07) is 10.7. The van der Waals surface area contributed by atoms with Crippen LogP contribution >= 0.6 is 39.1 Å². The lowest BCUT2D eigenvalue weighted by Crippen LogP contribution is -2.52. The number of benzene rings is 2. The molecular formula is C23H28BrCl2N3O4S. The Morgan fingerprint density at radius 1 is 1.09 bits per heavy atom. The van der Waals surface area contributed by atoms with Crippen molar-refractivity contribution in [2.45, 2.75) is 45.8 Å². The van der Waals surface area contributed by atoms with E-state index >= 15 is 0 Å². The largest absolute Gasteiger partial charge is 0.352 e. The quantitative estimate of drug-likeness (QED) is 0.427. The maximum Gasteiger partial charge on any atom is 0.244 e. The lowest BCUT2D eigenvalue weighted by molar-refractivity contribution is -0.139. The predicted molar refractivity (Wildman–Crippen MR) is 141 cm³/mol. The number of hydrogen-bond donors (Lipinski definition) is 1. The maximum absolute atomic E-state index is 13.5. The van der Waals surface area contributed by atoms with Crippen LogP contribution in [0.4, 0.5) is 5.69 Å². The number of amides is 2. The summed E-state index contributed by atoms with van der Waals surface area (Å²) in [6.07, 6.45) is 1.72. The van der Waals surface area contributed by atoms with Crippen LogP contribution in [0.1, 0.15) is 32.8 Å². The van der Waals surface area contributed by atoms with Crippen LogP contribution in [0, 0.1) is 0 Å². The first kappa shape index (κ1) is 28.4. The topological polar surface area (TPSA) is 86.8 Å². The Hall–Kier alpha value is -1.81. The van der Waals surface area contributed by atoms with E-state index in [0.29, 0.717) is 5.02 Å². The van der Waals surface area contributed by atoms with Crippen LogP contribution in [0.5, 0.6) is 0 Å². The second-order valence-corrected chi connectivity index (χ2v) is 11.7. The Balaban J connectivity index is 2.41. The molecule has 0 aliphatic carbocycles. The van der Waals surface area contributed by atoms with E-state index in [-0.39, 0.29) is 29.2 Å². The van der Waals surface area contributed by atoms with Crippen molar-refractivity contribution in [2.24, 2.45) is 0 Å². The minimum absolute atomic E-state index is 0.0695. The summed E-state index contributed by atoms with van der Waals surface area (Å²) in [6.45, 7) is 5.03. The van der Waals surface area contributed by atoms with E-state index in [1.165, 1.54) is 23.1 Å². The standard InChI is InChI=1S/C23H28BrCl2N3O4S/c1-5-15(2)27-23(31)16(3)28(13-17-6-8-18(24)9-7-17)22(30)14-29(34(4,32)33)21-11-10-19(25)12-20(21)26/h6-12,15-16H,5,13-14H2,1-4H3,(H,27,31)/t15-,16+/m1/s1. The molecule has 11 heteroatoms. The highest BCUT2D eigenvalue weighted by Gasteiger charge is 2.31. The molecule has 0 saturated heterocycles. The van der Waals surface area contributed by atoms with Gasteiger partial charge in [-0.1, -0.05) is 58.2 Å². The normalized spacial score (nSPS) is 13.1. The molecule has 34 heavy (non-hydrogen) atoms. The van der Waals surface area contributed by atoms with Crippen LogP contribution in [-0.2, 0) is 26.2 Å². The molecule has 186 valence electrons. The molecule has 1 N–H and O–H groups in total. The summed E-state index contributed by atoms with van der Waals surface area (Å²) in [5.41, 5.74) is 0.914. The van der Waals surface area contributed by atoms with Gasteiger partial charge in [0.1, 0.15) is 12.6 Å². The first-order chi connectivity index (χ1) is 15.8. The molecule has 0 saturated carbocycles. The van der Waals surface area contributed by atoms with Crippen molar-refractivity contribution >= 4 is 66.7 Å². The van der Waals surface area contributed by atoms with Gasteiger partial charge in [-0.15, -0.1) is 0 Å². The van der Waals surface area contributed by atoms with Crippen LogP contribution in [0.25, 0.3) is 0 Å². The van der Waals surface area contributed by atoms with Crippen molar-refractivity contribution in [3.05, 3.63) is 62.5 Å². The molecule has 0 aromatic heterocycles. The predicted octanol–water partition coefficient (Wildman–Crippen LogP) is 4.85. The molecular weight excluding hydrogens is 565 g/mol. The van der Waals surface area contributed by atoms with E-state index in [9.17, 15) is 18.0 Å². The summed E-state index contributed by atoms with van der Waals surface area (Å²) in [5, 5.41) is 3.31. The molecule has 0 fully saturated rings. The van der Waals surface area contributed by atoms with Crippen LogP contribution in [0.15, 0.2) is 46.9 Å². The summed E-state index contributed by atoms with van der Waals surface area (Å²) < 4.78 is 27.0. The van der Waals surface area contributed by atoms with E-state index in [4.69, 9.17) is 23.2 Å². The summed E-state index contributed by atoms with van der Waals surface area (Å²) >= 11 is 15.6. The van der Waals surface area contributed by atoms with Crippen molar-refractivity contribution in [3.63, 3.8) is 0 Å². The van der Waals surface area contributed by atoms with Crippen molar-refractivity contribution in [3.8, 4) is 0 Å². The molecule has 2 amide bonds. The van der Waals surface area contributed by atoms with Crippen molar-refractivity contribution in [2.75, 3.05) is 17.1 Å². The van der Waals surface area contributed by atoms with Gasteiger partial charge in [0.2, 0.25) is 21.8 Å². The molecule has 0 spiro atoms. The molecule has 2 aromatic carbocycles. The van der Waals surface area contributed by atoms with E-state index in [1.54, 1.807) is 6.92 Å². The molecule has 2 rings (SSSR count). The third-order valence-electron chi connectivity index (χ3n) is 5.29. The zero-order valence-electron chi connectivity index (χ0n) is 19.4. The number of nitrogens with zero attached hydrogens (tertiary/aromatic N) is 2. The number of halogens is 3. The highest BCUT2D eigenvalue weighted by molar-refractivity contribution is 9.10. The smallest absolute Gasteiger partial charge is 0.244 e. The van der Waals surface area contributed by atoms with Crippen molar-refractivity contribution in [1.29, 1.82) is 0 Å². The third-order valence-corrected chi connectivity index (χ3v) is 7.49. The van der Waals surface area contributed by atoms with Gasteiger partial charge in [0.15, 0.2) is 0 Å². The first-order valence-electron chi connectivity index (χ1n) is 10.6. The SMILES string of the molecule is CC[C@@H](C)NC(=O)[C@H](C)N(Cc1ccc(Br)cc1)C(=O)CN(c1ccc(Cl)cc1Cl)S(C)(=O)=O. The Morgan fingerprint density at radius 3 is 2.24 bits per heavy atom. The number of carbonyl (C=O) groups is 2. The molecule has 0 bridgehead atoms. The van der Waals surface area contributed by atoms with Gasteiger partial charge in [-0.25, -0.2) is 8.42 Å².